The van der Waals surface area contributed by atoms with E-state index in [2.05, 4.69) is 36.4 Å². The SMILES string of the molecule is CO/N=C/C(=O)Nn1cc(Br)cn1. The Morgan fingerprint density at radius 3 is 3.23 bits per heavy atom. The lowest BCUT2D eigenvalue weighted by molar-refractivity contribution is -0.111. The number of hydrogen-bond donors (Lipinski definition) is 1. The van der Waals surface area contributed by atoms with E-state index in [0.29, 0.717) is 0 Å². The number of halogens is 1. The van der Waals surface area contributed by atoms with Crippen molar-refractivity contribution in [3.05, 3.63) is 16.9 Å². The van der Waals surface area contributed by atoms with Gasteiger partial charge >= 0.3 is 0 Å². The molecule has 1 amide bonds. The van der Waals surface area contributed by atoms with E-state index in [1.54, 1.807) is 12.4 Å². The van der Waals surface area contributed by atoms with Crippen LogP contribution in [-0.2, 0) is 9.63 Å². The minimum absolute atomic E-state index is 0.419. The Morgan fingerprint density at radius 2 is 2.69 bits per heavy atom. The van der Waals surface area contributed by atoms with Crippen LogP contribution >= 0.6 is 15.9 Å². The Kier molecular flexibility index (Phi) is 3.44. The number of oxime groups is 1. The van der Waals surface area contributed by atoms with E-state index in [1.807, 2.05) is 0 Å². The van der Waals surface area contributed by atoms with Crippen molar-refractivity contribution in [3.8, 4) is 0 Å². The van der Waals surface area contributed by atoms with Crippen molar-refractivity contribution in [2.24, 2.45) is 5.16 Å². The van der Waals surface area contributed by atoms with Crippen molar-refractivity contribution < 1.29 is 9.63 Å². The van der Waals surface area contributed by atoms with Gasteiger partial charge in [0.05, 0.1) is 16.9 Å². The van der Waals surface area contributed by atoms with Gasteiger partial charge in [-0.2, -0.15) is 9.89 Å². The largest absolute Gasteiger partial charge is 0.399 e. The molecular formula is C6H7BrN4O2. The molecule has 1 aromatic rings. The van der Waals surface area contributed by atoms with Gasteiger partial charge in [0.2, 0.25) is 0 Å². The smallest absolute Gasteiger partial charge is 0.285 e. The number of carbonyl (C=O) groups is 1. The average Bonchev–Trinajstić information content (AvgIpc) is 2.48. The Bertz CT molecular complexity index is 322. The average molecular weight is 247 g/mol. The van der Waals surface area contributed by atoms with Gasteiger partial charge in [-0.25, -0.2) is 5.43 Å². The maximum Gasteiger partial charge on any atom is 0.285 e. The van der Waals surface area contributed by atoms with Crippen molar-refractivity contribution in [2.45, 2.75) is 0 Å². The molecular weight excluding hydrogens is 240 g/mol. The van der Waals surface area contributed by atoms with Crippen LogP contribution in [0.4, 0.5) is 0 Å². The second-order valence-corrected chi connectivity index (χ2v) is 2.91. The molecule has 0 saturated heterocycles. The standard InChI is InChI=1S/C6H7BrN4O2/c1-13-9-3-6(12)10-11-4-5(7)2-8-11/h2-4H,1H3,(H,10,12)/b9-3+. The zero-order chi connectivity index (χ0) is 9.68. The quantitative estimate of drug-likeness (QED) is 0.618. The highest BCUT2D eigenvalue weighted by Crippen LogP contribution is 2.04. The van der Waals surface area contributed by atoms with Gasteiger partial charge in [0.25, 0.3) is 5.91 Å². The summed E-state index contributed by atoms with van der Waals surface area (Å²) in [5.41, 5.74) is 2.40. The Morgan fingerprint density at radius 1 is 1.92 bits per heavy atom. The lowest BCUT2D eigenvalue weighted by atomic mass is 10.7. The molecule has 1 heterocycles. The van der Waals surface area contributed by atoms with Gasteiger partial charge in [-0.05, 0) is 15.9 Å². The first-order valence-electron chi connectivity index (χ1n) is 3.30. The summed E-state index contributed by atoms with van der Waals surface area (Å²) in [5, 5.41) is 7.08. The van der Waals surface area contributed by atoms with Gasteiger partial charge in [0.1, 0.15) is 13.3 Å². The normalized spacial score (nSPS) is 10.3. The molecule has 13 heavy (non-hydrogen) atoms. The number of aromatic nitrogens is 2. The summed E-state index contributed by atoms with van der Waals surface area (Å²) in [6.45, 7) is 0. The topological polar surface area (TPSA) is 68.5 Å². The summed E-state index contributed by atoms with van der Waals surface area (Å²) >= 11 is 3.18. The monoisotopic (exact) mass is 246 g/mol. The summed E-state index contributed by atoms with van der Waals surface area (Å²) in [7, 11) is 1.36. The number of nitrogens with zero attached hydrogens (tertiary/aromatic N) is 3. The van der Waals surface area contributed by atoms with Gasteiger partial charge in [-0.3, -0.25) is 4.79 Å². The van der Waals surface area contributed by atoms with Crippen molar-refractivity contribution in [2.75, 3.05) is 12.5 Å². The maximum absolute atomic E-state index is 11.0. The fraction of sp³-hybridized carbons (Fsp3) is 0.167. The lowest BCUT2D eigenvalue weighted by Gasteiger charge is -1.98. The molecule has 0 aliphatic heterocycles. The fourth-order valence-electron chi connectivity index (χ4n) is 0.604. The number of nitrogens with one attached hydrogen (secondary N) is 1. The Hall–Kier alpha value is -1.37. The van der Waals surface area contributed by atoms with E-state index in [0.717, 1.165) is 10.7 Å². The zero-order valence-electron chi connectivity index (χ0n) is 6.77. The highest BCUT2D eigenvalue weighted by molar-refractivity contribution is 9.10. The molecule has 1 N–H and O–H groups in total. The molecule has 1 rings (SSSR count). The van der Waals surface area contributed by atoms with E-state index in [-0.39, 0.29) is 0 Å². The lowest BCUT2D eigenvalue weighted by Crippen LogP contribution is -2.23. The van der Waals surface area contributed by atoms with E-state index in [1.165, 1.54) is 11.9 Å². The van der Waals surface area contributed by atoms with Crippen molar-refractivity contribution >= 4 is 28.1 Å². The highest BCUT2D eigenvalue weighted by Gasteiger charge is 1.98. The second-order valence-electron chi connectivity index (χ2n) is 2.00. The van der Waals surface area contributed by atoms with Crippen LogP contribution in [0.5, 0.6) is 0 Å². The highest BCUT2D eigenvalue weighted by atomic mass is 79.9. The van der Waals surface area contributed by atoms with Crippen LogP contribution in [0.2, 0.25) is 0 Å². The first-order valence-corrected chi connectivity index (χ1v) is 4.09. The summed E-state index contributed by atoms with van der Waals surface area (Å²) in [6, 6.07) is 0. The molecule has 0 spiro atoms. The molecule has 0 aliphatic rings. The predicted molar refractivity (Wildman–Crippen MR) is 49.8 cm³/mol. The van der Waals surface area contributed by atoms with E-state index in [4.69, 9.17) is 0 Å². The van der Waals surface area contributed by atoms with Crippen LogP contribution < -0.4 is 5.43 Å². The molecule has 0 atom stereocenters. The summed E-state index contributed by atoms with van der Waals surface area (Å²) < 4.78 is 0.775. The van der Waals surface area contributed by atoms with E-state index >= 15 is 0 Å². The third-order valence-electron chi connectivity index (χ3n) is 1.05. The molecule has 7 heteroatoms. The summed E-state index contributed by atoms with van der Waals surface area (Å²) in [4.78, 5) is 16.5. The van der Waals surface area contributed by atoms with Crippen molar-refractivity contribution in [3.63, 3.8) is 0 Å². The number of carbonyl (C=O) groups excluding carboxylic acids is 1. The van der Waals surface area contributed by atoms with Crippen LogP contribution in [0.25, 0.3) is 0 Å². The van der Waals surface area contributed by atoms with Gasteiger partial charge in [0, 0.05) is 0 Å². The van der Waals surface area contributed by atoms with Crippen LogP contribution in [0.1, 0.15) is 0 Å². The zero-order valence-corrected chi connectivity index (χ0v) is 8.35. The molecule has 6 nitrogen and oxygen atoms in total. The van der Waals surface area contributed by atoms with Crippen LogP contribution in [0, 0.1) is 0 Å². The third kappa shape index (κ3) is 3.24. The molecule has 0 aromatic carbocycles. The second kappa shape index (κ2) is 4.61. The predicted octanol–water partition coefficient (Wildman–Crippen LogP) is 0.348. The molecule has 0 aliphatic carbocycles. The first kappa shape index (κ1) is 9.72. The fourth-order valence-corrected chi connectivity index (χ4v) is 0.890. The molecule has 0 saturated carbocycles. The molecule has 1 aromatic heterocycles. The molecule has 0 unspecified atom stereocenters. The number of hydrogen-bond acceptors (Lipinski definition) is 4. The van der Waals surface area contributed by atoms with Crippen LogP contribution in [-0.4, -0.2) is 29.1 Å². The molecule has 0 radical (unpaired) electrons. The molecule has 70 valence electrons. The van der Waals surface area contributed by atoms with Crippen LogP contribution in [0.3, 0.4) is 0 Å². The van der Waals surface area contributed by atoms with E-state index in [9.17, 15) is 4.79 Å². The summed E-state index contributed by atoms with van der Waals surface area (Å²) in [5.74, 6) is -0.419. The van der Waals surface area contributed by atoms with Gasteiger partial charge in [-0.15, -0.1) is 0 Å². The van der Waals surface area contributed by atoms with Crippen molar-refractivity contribution in [1.29, 1.82) is 0 Å². The minimum Gasteiger partial charge on any atom is -0.399 e. The number of rotatable bonds is 3. The first-order chi connectivity index (χ1) is 6.22. The van der Waals surface area contributed by atoms with E-state index < -0.39 is 5.91 Å². The van der Waals surface area contributed by atoms with Gasteiger partial charge in [0.15, 0.2) is 0 Å². The third-order valence-corrected chi connectivity index (χ3v) is 1.46. The minimum atomic E-state index is -0.419. The molecule has 0 bridgehead atoms. The van der Waals surface area contributed by atoms with Gasteiger partial charge in [-0.1, -0.05) is 5.16 Å². The Labute approximate surface area is 82.6 Å². The summed E-state index contributed by atoms with van der Waals surface area (Å²) in [6.07, 6.45) is 4.15. The maximum atomic E-state index is 11.0. The Balaban J connectivity index is 2.50. The molecule has 0 fully saturated rings. The van der Waals surface area contributed by atoms with Gasteiger partial charge < -0.3 is 4.84 Å². The van der Waals surface area contributed by atoms with Crippen molar-refractivity contribution in [1.82, 2.24) is 9.89 Å². The van der Waals surface area contributed by atoms with Crippen LogP contribution in [0.15, 0.2) is 22.0 Å². The number of amides is 1.